The molecule has 0 aromatic heterocycles. The minimum absolute atomic E-state index is 0.0504. The summed E-state index contributed by atoms with van der Waals surface area (Å²) in [4.78, 5) is 38.0. The zero-order valence-corrected chi connectivity index (χ0v) is 15.8. The number of rotatable bonds is 4. The van der Waals surface area contributed by atoms with Crippen LogP contribution in [0.2, 0.25) is 0 Å². The fourth-order valence-electron chi connectivity index (χ4n) is 2.79. The number of sulfone groups is 1. The molecule has 1 N–H and O–H groups in total. The summed E-state index contributed by atoms with van der Waals surface area (Å²) in [6.07, 6.45) is 0. The summed E-state index contributed by atoms with van der Waals surface area (Å²) in [5.41, 5.74) is 0.692. The SMILES string of the molecule is CC(C)S(=O)(=O)c1cccc(C(=O)Nc2cccc3c2C(=O)N(C)C3=O)c1. The zero-order chi connectivity index (χ0) is 19.9. The second-order valence-corrected chi connectivity index (χ2v) is 8.98. The molecule has 0 fully saturated rings. The number of nitrogens with one attached hydrogen (secondary N) is 1. The van der Waals surface area contributed by atoms with Crippen molar-refractivity contribution >= 4 is 33.2 Å². The molecule has 0 spiro atoms. The van der Waals surface area contributed by atoms with E-state index in [1.54, 1.807) is 19.9 Å². The number of nitrogens with zero attached hydrogens (tertiary/aromatic N) is 1. The first-order valence-electron chi connectivity index (χ1n) is 8.25. The summed E-state index contributed by atoms with van der Waals surface area (Å²) in [7, 11) is -2.15. The maximum Gasteiger partial charge on any atom is 0.263 e. The average Bonchev–Trinajstić information content (AvgIpc) is 2.87. The molecule has 0 atom stereocenters. The molecule has 1 aliphatic rings. The predicted molar refractivity (Wildman–Crippen MR) is 99.6 cm³/mol. The van der Waals surface area contributed by atoms with E-state index in [4.69, 9.17) is 0 Å². The second-order valence-electron chi connectivity index (χ2n) is 6.47. The smallest absolute Gasteiger partial charge is 0.263 e. The molecule has 1 heterocycles. The third kappa shape index (κ3) is 3.12. The molecule has 0 radical (unpaired) electrons. The van der Waals surface area contributed by atoms with E-state index in [0.717, 1.165) is 4.90 Å². The van der Waals surface area contributed by atoms with Gasteiger partial charge in [0, 0.05) is 12.6 Å². The summed E-state index contributed by atoms with van der Waals surface area (Å²) >= 11 is 0. The van der Waals surface area contributed by atoms with Gasteiger partial charge in [-0.25, -0.2) is 8.42 Å². The van der Waals surface area contributed by atoms with E-state index in [1.807, 2.05) is 0 Å². The highest BCUT2D eigenvalue weighted by atomic mass is 32.2. The van der Waals surface area contributed by atoms with Crippen molar-refractivity contribution in [1.29, 1.82) is 0 Å². The Kier molecular flexibility index (Phi) is 4.61. The molecule has 8 heteroatoms. The van der Waals surface area contributed by atoms with Crippen molar-refractivity contribution in [3.8, 4) is 0 Å². The summed E-state index contributed by atoms with van der Waals surface area (Å²) < 4.78 is 24.6. The van der Waals surface area contributed by atoms with Gasteiger partial charge in [-0.05, 0) is 44.2 Å². The van der Waals surface area contributed by atoms with Crippen LogP contribution in [-0.2, 0) is 9.84 Å². The summed E-state index contributed by atoms with van der Waals surface area (Å²) in [5.74, 6) is -1.50. The Balaban J connectivity index is 1.95. The van der Waals surface area contributed by atoms with E-state index >= 15 is 0 Å². The van der Waals surface area contributed by atoms with Crippen LogP contribution in [0.3, 0.4) is 0 Å². The average molecular weight is 386 g/mol. The van der Waals surface area contributed by atoms with Gasteiger partial charge in [-0.1, -0.05) is 12.1 Å². The fraction of sp³-hybridized carbons (Fsp3) is 0.211. The van der Waals surface area contributed by atoms with Gasteiger partial charge in [0.1, 0.15) is 0 Å². The van der Waals surface area contributed by atoms with E-state index in [1.165, 1.54) is 43.4 Å². The highest BCUT2D eigenvalue weighted by Crippen LogP contribution is 2.29. The first-order valence-corrected chi connectivity index (χ1v) is 9.80. The van der Waals surface area contributed by atoms with Gasteiger partial charge in [0.15, 0.2) is 9.84 Å². The molecule has 0 bridgehead atoms. The topological polar surface area (TPSA) is 101 Å². The lowest BCUT2D eigenvalue weighted by Gasteiger charge is -2.11. The molecule has 0 aliphatic carbocycles. The first-order chi connectivity index (χ1) is 12.6. The maximum atomic E-state index is 12.6. The Morgan fingerprint density at radius 2 is 1.70 bits per heavy atom. The highest BCUT2D eigenvalue weighted by Gasteiger charge is 2.35. The number of carbonyl (C=O) groups is 3. The van der Waals surface area contributed by atoms with E-state index < -0.39 is 32.8 Å². The van der Waals surface area contributed by atoms with Crippen molar-refractivity contribution in [2.45, 2.75) is 24.0 Å². The Morgan fingerprint density at radius 1 is 1.04 bits per heavy atom. The van der Waals surface area contributed by atoms with Gasteiger partial charge in [0.05, 0.1) is 27.0 Å². The van der Waals surface area contributed by atoms with E-state index in [0.29, 0.717) is 0 Å². The number of hydrogen-bond donors (Lipinski definition) is 1. The number of fused-ring (bicyclic) bond motifs is 1. The van der Waals surface area contributed by atoms with Crippen LogP contribution >= 0.6 is 0 Å². The number of carbonyl (C=O) groups excluding carboxylic acids is 3. The third-order valence-electron chi connectivity index (χ3n) is 4.41. The Bertz CT molecular complexity index is 1070. The van der Waals surface area contributed by atoms with Crippen LogP contribution < -0.4 is 5.32 Å². The lowest BCUT2D eigenvalue weighted by atomic mass is 10.1. The van der Waals surface area contributed by atoms with Crippen LogP contribution in [0.1, 0.15) is 44.9 Å². The lowest BCUT2D eigenvalue weighted by molar-refractivity contribution is 0.0693. The molecule has 2 aromatic carbocycles. The van der Waals surface area contributed by atoms with Crippen molar-refractivity contribution in [3.05, 3.63) is 59.2 Å². The molecule has 140 valence electrons. The molecular weight excluding hydrogens is 368 g/mol. The summed E-state index contributed by atoms with van der Waals surface area (Å²) in [6, 6.07) is 10.3. The highest BCUT2D eigenvalue weighted by molar-refractivity contribution is 7.92. The van der Waals surface area contributed by atoms with Gasteiger partial charge in [0.2, 0.25) is 0 Å². The summed E-state index contributed by atoms with van der Waals surface area (Å²) in [6.45, 7) is 3.13. The van der Waals surface area contributed by atoms with Gasteiger partial charge in [-0.2, -0.15) is 0 Å². The molecule has 1 aliphatic heterocycles. The van der Waals surface area contributed by atoms with Gasteiger partial charge in [-0.15, -0.1) is 0 Å². The standard InChI is InChI=1S/C19H18N2O5S/c1-11(2)27(25,26)13-7-4-6-12(10-13)17(22)20-15-9-5-8-14-16(15)19(24)21(3)18(14)23/h4-11H,1-3H3,(H,20,22). The molecule has 0 saturated heterocycles. The largest absolute Gasteiger partial charge is 0.321 e. The lowest BCUT2D eigenvalue weighted by Crippen LogP contribution is -2.24. The molecule has 0 saturated carbocycles. The van der Waals surface area contributed by atoms with Crippen LogP contribution in [0.4, 0.5) is 5.69 Å². The number of benzene rings is 2. The Hall–Kier alpha value is -3.00. The third-order valence-corrected chi connectivity index (χ3v) is 6.56. The Morgan fingerprint density at radius 3 is 2.37 bits per heavy atom. The van der Waals surface area contributed by atoms with Gasteiger partial charge < -0.3 is 5.32 Å². The maximum absolute atomic E-state index is 12.6. The Labute approximate surface area is 156 Å². The van der Waals surface area contributed by atoms with Gasteiger partial charge >= 0.3 is 0 Å². The van der Waals surface area contributed by atoms with Gasteiger partial charge in [0.25, 0.3) is 17.7 Å². The van der Waals surface area contributed by atoms with Crippen LogP contribution in [0, 0.1) is 0 Å². The van der Waals surface area contributed by atoms with Crippen molar-refractivity contribution in [3.63, 3.8) is 0 Å². The van der Waals surface area contributed by atoms with Crippen molar-refractivity contribution in [1.82, 2.24) is 4.90 Å². The van der Waals surface area contributed by atoms with Crippen molar-refractivity contribution in [2.75, 3.05) is 12.4 Å². The second kappa shape index (κ2) is 6.62. The van der Waals surface area contributed by atoms with Crippen LogP contribution in [0.5, 0.6) is 0 Å². The summed E-state index contributed by atoms with van der Waals surface area (Å²) in [5, 5.41) is 1.99. The molecule has 2 aromatic rings. The molecular formula is C19H18N2O5S. The number of amides is 3. The normalized spacial score (nSPS) is 13.9. The van der Waals surface area contributed by atoms with Crippen molar-refractivity contribution in [2.24, 2.45) is 0 Å². The van der Waals surface area contributed by atoms with Gasteiger partial charge in [-0.3, -0.25) is 19.3 Å². The van der Waals surface area contributed by atoms with Crippen LogP contribution in [-0.4, -0.2) is 43.3 Å². The monoisotopic (exact) mass is 386 g/mol. The first kappa shape index (κ1) is 18.8. The predicted octanol–water partition coefficient (Wildman–Crippen LogP) is 2.35. The quantitative estimate of drug-likeness (QED) is 0.813. The molecule has 3 rings (SSSR count). The van der Waals surface area contributed by atoms with E-state index in [2.05, 4.69) is 5.32 Å². The number of hydrogen-bond acceptors (Lipinski definition) is 5. The van der Waals surface area contributed by atoms with E-state index in [9.17, 15) is 22.8 Å². The zero-order valence-electron chi connectivity index (χ0n) is 15.0. The number of anilines is 1. The minimum atomic E-state index is -3.52. The van der Waals surface area contributed by atoms with Crippen molar-refractivity contribution < 1.29 is 22.8 Å². The fourth-order valence-corrected chi connectivity index (χ4v) is 3.89. The minimum Gasteiger partial charge on any atom is -0.321 e. The van der Waals surface area contributed by atoms with E-state index in [-0.39, 0.29) is 27.3 Å². The molecule has 7 nitrogen and oxygen atoms in total. The molecule has 0 unspecified atom stereocenters. The molecule has 3 amide bonds. The molecule has 27 heavy (non-hydrogen) atoms. The number of imide groups is 1. The van der Waals surface area contributed by atoms with Crippen LogP contribution in [0.15, 0.2) is 47.4 Å². The van der Waals surface area contributed by atoms with Crippen LogP contribution in [0.25, 0.3) is 0 Å².